The van der Waals surface area contributed by atoms with E-state index < -0.39 is 10.2 Å². The highest BCUT2D eigenvalue weighted by molar-refractivity contribution is 7.86. The summed E-state index contributed by atoms with van der Waals surface area (Å²) in [7, 11) is -3.34. The van der Waals surface area contributed by atoms with E-state index in [4.69, 9.17) is 4.74 Å². The minimum Gasteiger partial charge on any atom is -0.376 e. The fourth-order valence-electron chi connectivity index (χ4n) is 3.77. The monoisotopic (exact) mass is 359 g/mol. The molecule has 0 aromatic carbocycles. The lowest BCUT2D eigenvalue weighted by Crippen LogP contribution is -2.50. The number of carbonyl (C=O) groups excluding carboxylic acids is 1. The van der Waals surface area contributed by atoms with Gasteiger partial charge in [-0.3, -0.25) is 4.79 Å². The van der Waals surface area contributed by atoms with Gasteiger partial charge in [0.25, 0.3) is 10.2 Å². The summed E-state index contributed by atoms with van der Waals surface area (Å²) in [6.07, 6.45) is 6.42. The Bertz CT molecular complexity index is 519. The quantitative estimate of drug-likeness (QED) is 0.785. The van der Waals surface area contributed by atoms with Gasteiger partial charge in [0.05, 0.1) is 6.10 Å². The van der Waals surface area contributed by atoms with E-state index in [9.17, 15) is 13.2 Å². The molecule has 1 N–H and O–H groups in total. The molecule has 3 saturated heterocycles. The normalized spacial score (nSPS) is 28.1. The third-order valence-corrected chi connectivity index (χ3v) is 7.36. The minimum atomic E-state index is -3.34. The Morgan fingerprint density at radius 2 is 1.62 bits per heavy atom. The first-order valence-corrected chi connectivity index (χ1v) is 10.6. The van der Waals surface area contributed by atoms with E-state index in [2.05, 4.69) is 5.32 Å². The summed E-state index contributed by atoms with van der Waals surface area (Å²) in [6, 6.07) is 0. The van der Waals surface area contributed by atoms with Crippen molar-refractivity contribution in [2.24, 2.45) is 5.92 Å². The minimum absolute atomic E-state index is 0.0421. The molecule has 1 amide bonds. The first-order valence-electron chi connectivity index (χ1n) is 9.22. The summed E-state index contributed by atoms with van der Waals surface area (Å²) in [5.74, 6) is -0.0419. The van der Waals surface area contributed by atoms with Crippen LogP contribution in [0, 0.1) is 5.92 Å². The molecule has 3 aliphatic heterocycles. The maximum atomic E-state index is 12.7. The van der Waals surface area contributed by atoms with Gasteiger partial charge in [-0.1, -0.05) is 6.42 Å². The predicted octanol–water partition coefficient (Wildman–Crippen LogP) is 0.724. The molecule has 3 fully saturated rings. The Labute approximate surface area is 144 Å². The van der Waals surface area contributed by atoms with E-state index in [1.54, 1.807) is 8.61 Å². The molecule has 0 aromatic rings. The third kappa shape index (κ3) is 4.28. The van der Waals surface area contributed by atoms with Crippen LogP contribution in [0.5, 0.6) is 0 Å². The average Bonchev–Trinajstić information content (AvgIpc) is 3.14. The number of nitrogens with zero attached hydrogens (tertiary/aromatic N) is 2. The SMILES string of the molecule is O=C(NCC1CCCO1)C1CCN(S(=O)(=O)N2CCCCC2)CC1. The van der Waals surface area contributed by atoms with Crippen molar-refractivity contribution >= 4 is 16.1 Å². The predicted molar refractivity (Wildman–Crippen MR) is 90.6 cm³/mol. The molecule has 3 aliphatic rings. The molecule has 0 bridgehead atoms. The van der Waals surface area contributed by atoms with Gasteiger partial charge in [0, 0.05) is 45.2 Å². The highest BCUT2D eigenvalue weighted by Gasteiger charge is 2.35. The molecule has 1 unspecified atom stereocenters. The van der Waals surface area contributed by atoms with Crippen molar-refractivity contribution < 1.29 is 17.9 Å². The van der Waals surface area contributed by atoms with Crippen molar-refractivity contribution in [3.63, 3.8) is 0 Å². The molecular weight excluding hydrogens is 330 g/mol. The van der Waals surface area contributed by atoms with Crippen molar-refractivity contribution in [3.05, 3.63) is 0 Å². The largest absolute Gasteiger partial charge is 0.376 e. The number of nitrogens with one attached hydrogen (secondary N) is 1. The first-order chi connectivity index (χ1) is 11.6. The van der Waals surface area contributed by atoms with Crippen LogP contribution >= 0.6 is 0 Å². The Balaban J connectivity index is 1.45. The van der Waals surface area contributed by atoms with Gasteiger partial charge in [-0.15, -0.1) is 0 Å². The lowest BCUT2D eigenvalue weighted by molar-refractivity contribution is -0.126. The highest BCUT2D eigenvalue weighted by Crippen LogP contribution is 2.23. The van der Waals surface area contributed by atoms with Crippen LogP contribution in [-0.4, -0.2) is 68.4 Å². The van der Waals surface area contributed by atoms with Crippen molar-refractivity contribution in [1.29, 1.82) is 0 Å². The van der Waals surface area contributed by atoms with Gasteiger partial charge in [0.1, 0.15) is 0 Å². The van der Waals surface area contributed by atoms with Gasteiger partial charge in [-0.25, -0.2) is 0 Å². The molecule has 0 aliphatic carbocycles. The summed E-state index contributed by atoms with van der Waals surface area (Å²) >= 11 is 0. The molecule has 3 rings (SSSR count). The number of ether oxygens (including phenoxy) is 1. The summed E-state index contributed by atoms with van der Waals surface area (Å²) in [4.78, 5) is 12.3. The second-order valence-corrected chi connectivity index (χ2v) is 8.95. The molecule has 0 aromatic heterocycles. The Hall–Kier alpha value is -0.700. The van der Waals surface area contributed by atoms with Crippen molar-refractivity contribution in [2.45, 2.75) is 51.0 Å². The first kappa shape index (κ1) is 18.1. The van der Waals surface area contributed by atoms with Crippen LogP contribution in [0.25, 0.3) is 0 Å². The second kappa shape index (κ2) is 8.12. The van der Waals surface area contributed by atoms with Crippen LogP contribution in [0.1, 0.15) is 44.9 Å². The Morgan fingerprint density at radius 3 is 2.25 bits per heavy atom. The lowest BCUT2D eigenvalue weighted by Gasteiger charge is -2.35. The van der Waals surface area contributed by atoms with Gasteiger partial charge in [-0.2, -0.15) is 17.0 Å². The van der Waals surface area contributed by atoms with Crippen LogP contribution in [0.2, 0.25) is 0 Å². The van der Waals surface area contributed by atoms with Crippen LogP contribution in [0.15, 0.2) is 0 Å². The van der Waals surface area contributed by atoms with Crippen molar-refractivity contribution in [3.8, 4) is 0 Å². The fourth-order valence-corrected chi connectivity index (χ4v) is 5.49. The molecule has 1 atom stereocenters. The van der Waals surface area contributed by atoms with Crippen molar-refractivity contribution in [1.82, 2.24) is 13.9 Å². The molecule has 0 spiro atoms. The van der Waals surface area contributed by atoms with E-state index in [0.29, 0.717) is 45.6 Å². The molecular formula is C16H29N3O4S. The van der Waals surface area contributed by atoms with Crippen LogP contribution in [0.3, 0.4) is 0 Å². The number of hydrogen-bond donors (Lipinski definition) is 1. The topological polar surface area (TPSA) is 79.0 Å². The molecule has 7 nitrogen and oxygen atoms in total. The van der Waals surface area contributed by atoms with Crippen LogP contribution < -0.4 is 5.32 Å². The average molecular weight is 359 g/mol. The molecule has 138 valence electrons. The third-order valence-electron chi connectivity index (χ3n) is 5.32. The smallest absolute Gasteiger partial charge is 0.281 e. The van der Waals surface area contributed by atoms with Gasteiger partial charge in [0.2, 0.25) is 5.91 Å². The Morgan fingerprint density at radius 1 is 0.958 bits per heavy atom. The standard InChI is InChI=1S/C16H29N3O4S/c20-16(17-13-15-5-4-12-23-15)14-6-10-19(11-7-14)24(21,22)18-8-2-1-3-9-18/h14-15H,1-13H2,(H,17,20). The van der Waals surface area contributed by atoms with E-state index in [1.165, 1.54) is 0 Å². The second-order valence-electron chi connectivity index (χ2n) is 7.02. The summed E-state index contributed by atoms with van der Waals surface area (Å²) in [6.45, 7) is 3.50. The van der Waals surface area contributed by atoms with E-state index in [-0.39, 0.29) is 17.9 Å². The van der Waals surface area contributed by atoms with E-state index >= 15 is 0 Å². The maximum absolute atomic E-state index is 12.7. The number of amides is 1. The maximum Gasteiger partial charge on any atom is 0.281 e. The van der Waals surface area contributed by atoms with Gasteiger partial charge in [0.15, 0.2) is 0 Å². The summed E-state index contributed by atoms with van der Waals surface area (Å²) in [5, 5.41) is 2.97. The zero-order valence-electron chi connectivity index (χ0n) is 14.3. The molecule has 24 heavy (non-hydrogen) atoms. The number of carbonyl (C=O) groups is 1. The molecule has 8 heteroatoms. The van der Waals surface area contributed by atoms with Crippen LogP contribution in [-0.2, 0) is 19.7 Å². The number of rotatable bonds is 5. The van der Waals surface area contributed by atoms with Crippen molar-refractivity contribution in [2.75, 3.05) is 39.3 Å². The van der Waals surface area contributed by atoms with E-state index in [0.717, 1.165) is 38.7 Å². The Kier molecular flexibility index (Phi) is 6.12. The van der Waals surface area contributed by atoms with Gasteiger partial charge >= 0.3 is 0 Å². The zero-order valence-corrected chi connectivity index (χ0v) is 15.1. The fraction of sp³-hybridized carbons (Fsp3) is 0.938. The molecule has 0 saturated carbocycles. The van der Waals surface area contributed by atoms with Crippen LogP contribution in [0.4, 0.5) is 0 Å². The van der Waals surface area contributed by atoms with Gasteiger partial charge in [-0.05, 0) is 38.5 Å². The van der Waals surface area contributed by atoms with E-state index in [1.807, 2.05) is 0 Å². The summed E-state index contributed by atoms with van der Waals surface area (Å²) in [5.41, 5.74) is 0. The summed E-state index contributed by atoms with van der Waals surface area (Å²) < 4.78 is 34.0. The van der Waals surface area contributed by atoms with Gasteiger partial charge < -0.3 is 10.1 Å². The lowest BCUT2D eigenvalue weighted by atomic mass is 9.97. The highest BCUT2D eigenvalue weighted by atomic mass is 32.2. The zero-order chi connectivity index (χ0) is 17.0. The number of piperidine rings is 2. The number of hydrogen-bond acceptors (Lipinski definition) is 4. The molecule has 0 radical (unpaired) electrons. The molecule has 3 heterocycles.